The average Bonchev–Trinajstić information content (AvgIpc) is 2.38. The van der Waals surface area contributed by atoms with Gasteiger partial charge in [-0.05, 0) is 30.3 Å². The zero-order chi connectivity index (χ0) is 15.6. The van der Waals surface area contributed by atoms with Crippen LogP contribution in [-0.4, -0.2) is 23.7 Å². The lowest BCUT2D eigenvalue weighted by molar-refractivity contribution is 0.451. The van der Waals surface area contributed by atoms with Crippen LogP contribution in [-0.2, 0) is 10.0 Å². The van der Waals surface area contributed by atoms with Gasteiger partial charge in [0.1, 0.15) is 28.6 Å². The predicted molar refractivity (Wildman–Crippen MR) is 73.4 cm³/mol. The van der Waals surface area contributed by atoms with Crippen LogP contribution in [0.3, 0.4) is 0 Å². The van der Waals surface area contributed by atoms with E-state index >= 15 is 0 Å². The van der Waals surface area contributed by atoms with Crippen molar-refractivity contribution in [2.75, 3.05) is 0 Å². The number of primary sulfonamides is 1. The Hall–Kier alpha value is -2.65. The highest BCUT2D eigenvalue weighted by Gasteiger charge is 2.11. The molecule has 0 unspecified atom stereocenters. The van der Waals surface area contributed by atoms with Crippen molar-refractivity contribution in [2.45, 2.75) is 4.90 Å². The standard InChI is InChI=1S/C12H11N3O5S/c13-21(19,20)8-2-4-11(17)10(6-8)15-14-9-3-1-7(16)5-12(9)18/h1-6,16-18H,(H2,13,19,20). The molecule has 0 atom stereocenters. The Morgan fingerprint density at radius 2 is 1.52 bits per heavy atom. The Kier molecular flexibility index (Phi) is 3.78. The van der Waals surface area contributed by atoms with E-state index in [2.05, 4.69) is 10.2 Å². The molecule has 2 rings (SSSR count). The Balaban J connectivity index is 2.41. The van der Waals surface area contributed by atoms with E-state index in [1.165, 1.54) is 12.1 Å². The van der Waals surface area contributed by atoms with Crippen LogP contribution in [0.5, 0.6) is 17.2 Å². The number of rotatable bonds is 3. The molecule has 5 N–H and O–H groups in total. The van der Waals surface area contributed by atoms with Crippen molar-refractivity contribution in [1.82, 2.24) is 0 Å². The number of phenolic OH excluding ortho intramolecular Hbond substituents is 3. The zero-order valence-electron chi connectivity index (χ0n) is 10.5. The third kappa shape index (κ3) is 3.46. The van der Waals surface area contributed by atoms with Crippen molar-refractivity contribution in [3.63, 3.8) is 0 Å². The Morgan fingerprint density at radius 1 is 0.857 bits per heavy atom. The quantitative estimate of drug-likeness (QED) is 0.639. The van der Waals surface area contributed by atoms with Crippen molar-refractivity contribution in [3.05, 3.63) is 36.4 Å². The van der Waals surface area contributed by atoms with Gasteiger partial charge in [0.15, 0.2) is 0 Å². The largest absolute Gasteiger partial charge is 0.508 e. The molecule has 8 nitrogen and oxygen atoms in total. The fourth-order valence-electron chi connectivity index (χ4n) is 1.46. The maximum absolute atomic E-state index is 11.2. The number of aromatic hydroxyl groups is 3. The second-order valence-corrected chi connectivity index (χ2v) is 5.63. The minimum atomic E-state index is -3.93. The average molecular weight is 309 g/mol. The predicted octanol–water partition coefficient (Wildman–Crippen LogP) is 1.87. The van der Waals surface area contributed by atoms with Crippen LogP contribution in [0, 0.1) is 0 Å². The zero-order valence-corrected chi connectivity index (χ0v) is 11.3. The van der Waals surface area contributed by atoms with Gasteiger partial charge in [0, 0.05) is 6.07 Å². The normalized spacial score (nSPS) is 11.9. The molecule has 0 aliphatic carbocycles. The number of hydrogen-bond acceptors (Lipinski definition) is 7. The van der Waals surface area contributed by atoms with E-state index in [9.17, 15) is 18.6 Å². The molecule has 0 bridgehead atoms. The molecule has 2 aromatic rings. The number of phenols is 3. The van der Waals surface area contributed by atoms with Gasteiger partial charge in [0.05, 0.1) is 4.90 Å². The molecule has 0 saturated carbocycles. The third-order valence-electron chi connectivity index (χ3n) is 2.50. The van der Waals surface area contributed by atoms with E-state index in [0.29, 0.717) is 0 Å². The minimum Gasteiger partial charge on any atom is -0.508 e. The van der Waals surface area contributed by atoms with Crippen molar-refractivity contribution in [1.29, 1.82) is 0 Å². The summed E-state index contributed by atoms with van der Waals surface area (Å²) in [5.41, 5.74) is -0.0952. The Labute approximate surface area is 119 Å². The number of nitrogens with two attached hydrogens (primary N) is 1. The molecule has 9 heteroatoms. The van der Waals surface area contributed by atoms with Crippen molar-refractivity contribution >= 4 is 21.4 Å². The van der Waals surface area contributed by atoms with Crippen LogP contribution in [0.25, 0.3) is 0 Å². The molecule has 0 heterocycles. The van der Waals surface area contributed by atoms with Crippen LogP contribution in [0.1, 0.15) is 0 Å². The Morgan fingerprint density at radius 3 is 2.14 bits per heavy atom. The highest BCUT2D eigenvalue weighted by atomic mass is 32.2. The van der Waals surface area contributed by atoms with Gasteiger partial charge in [-0.25, -0.2) is 13.6 Å². The van der Waals surface area contributed by atoms with E-state index in [0.717, 1.165) is 24.3 Å². The third-order valence-corrected chi connectivity index (χ3v) is 3.41. The fraction of sp³-hybridized carbons (Fsp3) is 0. The van der Waals surface area contributed by atoms with Gasteiger partial charge < -0.3 is 15.3 Å². The summed E-state index contributed by atoms with van der Waals surface area (Å²) < 4.78 is 22.4. The van der Waals surface area contributed by atoms with E-state index in [1.807, 2.05) is 0 Å². The Bertz CT molecular complexity index is 818. The van der Waals surface area contributed by atoms with Gasteiger partial charge in [-0.1, -0.05) is 0 Å². The summed E-state index contributed by atoms with van der Waals surface area (Å²) in [6.07, 6.45) is 0. The molecule has 0 spiro atoms. The molecule has 110 valence electrons. The summed E-state index contributed by atoms with van der Waals surface area (Å²) in [4.78, 5) is -0.232. The first kappa shape index (κ1) is 14.8. The fourth-order valence-corrected chi connectivity index (χ4v) is 2.00. The first-order valence-electron chi connectivity index (χ1n) is 5.57. The molecule has 0 saturated heterocycles. The molecule has 2 aromatic carbocycles. The maximum atomic E-state index is 11.2. The lowest BCUT2D eigenvalue weighted by atomic mass is 10.3. The minimum absolute atomic E-state index is 0.0354. The van der Waals surface area contributed by atoms with Crippen LogP contribution in [0.4, 0.5) is 11.4 Å². The summed E-state index contributed by atoms with van der Waals surface area (Å²) in [5, 5.41) is 40.6. The molecule has 21 heavy (non-hydrogen) atoms. The highest BCUT2D eigenvalue weighted by Crippen LogP contribution is 2.34. The molecule has 0 fully saturated rings. The second-order valence-electron chi connectivity index (χ2n) is 4.07. The van der Waals surface area contributed by atoms with Gasteiger partial charge in [0.2, 0.25) is 10.0 Å². The summed E-state index contributed by atoms with van der Waals surface area (Å²) in [7, 11) is -3.93. The van der Waals surface area contributed by atoms with Crippen molar-refractivity contribution in [3.8, 4) is 17.2 Å². The highest BCUT2D eigenvalue weighted by molar-refractivity contribution is 7.89. The lowest BCUT2D eigenvalue weighted by Gasteiger charge is -2.02. The maximum Gasteiger partial charge on any atom is 0.238 e. The van der Waals surface area contributed by atoms with E-state index in [1.54, 1.807) is 0 Å². The first-order valence-corrected chi connectivity index (χ1v) is 7.11. The summed E-state index contributed by atoms with van der Waals surface area (Å²) in [6.45, 7) is 0. The van der Waals surface area contributed by atoms with Gasteiger partial charge in [-0.2, -0.15) is 0 Å². The number of hydrogen-bond donors (Lipinski definition) is 4. The molecule has 0 radical (unpaired) electrons. The van der Waals surface area contributed by atoms with Gasteiger partial charge >= 0.3 is 0 Å². The lowest BCUT2D eigenvalue weighted by Crippen LogP contribution is -2.11. The number of benzene rings is 2. The van der Waals surface area contributed by atoms with E-state index in [4.69, 9.17) is 10.2 Å². The van der Waals surface area contributed by atoms with Crippen LogP contribution in [0.2, 0.25) is 0 Å². The van der Waals surface area contributed by atoms with Gasteiger partial charge in [0.25, 0.3) is 0 Å². The molecular formula is C12H11N3O5S. The molecule has 0 amide bonds. The van der Waals surface area contributed by atoms with E-state index in [-0.39, 0.29) is 33.5 Å². The van der Waals surface area contributed by atoms with Gasteiger partial charge in [-0.3, -0.25) is 0 Å². The van der Waals surface area contributed by atoms with Crippen LogP contribution < -0.4 is 5.14 Å². The molecular weight excluding hydrogens is 298 g/mol. The smallest absolute Gasteiger partial charge is 0.238 e. The van der Waals surface area contributed by atoms with Crippen molar-refractivity contribution in [2.24, 2.45) is 15.4 Å². The van der Waals surface area contributed by atoms with Crippen LogP contribution in [0.15, 0.2) is 51.5 Å². The SMILES string of the molecule is NS(=O)(=O)c1ccc(O)c(N=Nc2ccc(O)cc2O)c1. The molecule has 0 aliphatic rings. The molecule has 0 aliphatic heterocycles. The van der Waals surface area contributed by atoms with Gasteiger partial charge in [-0.15, -0.1) is 10.2 Å². The van der Waals surface area contributed by atoms with Crippen LogP contribution >= 0.6 is 0 Å². The monoisotopic (exact) mass is 309 g/mol. The van der Waals surface area contributed by atoms with Crippen molar-refractivity contribution < 1.29 is 23.7 Å². The number of sulfonamides is 1. The summed E-state index contributed by atoms with van der Waals surface area (Å²) in [6, 6.07) is 6.94. The first-order chi connectivity index (χ1) is 9.77. The number of nitrogens with zero attached hydrogens (tertiary/aromatic N) is 2. The summed E-state index contributed by atoms with van der Waals surface area (Å²) in [5.74, 6) is -0.768. The summed E-state index contributed by atoms with van der Waals surface area (Å²) >= 11 is 0. The number of azo groups is 1. The van der Waals surface area contributed by atoms with E-state index < -0.39 is 10.0 Å². The second kappa shape index (κ2) is 5.38. The topological polar surface area (TPSA) is 146 Å². The molecule has 0 aromatic heterocycles.